The Balaban J connectivity index is 1.53. The number of amides is 3. The predicted molar refractivity (Wildman–Crippen MR) is 133 cm³/mol. The fraction of sp³-hybridized carbons (Fsp3) is 0.115. The molecular formula is C26H21ClFN3O5. The van der Waals surface area contributed by atoms with Gasteiger partial charge >= 0.3 is 0 Å². The van der Waals surface area contributed by atoms with Crippen molar-refractivity contribution in [3.8, 4) is 11.5 Å². The van der Waals surface area contributed by atoms with E-state index in [1.54, 1.807) is 43.3 Å². The Kier molecular flexibility index (Phi) is 7.50. The van der Waals surface area contributed by atoms with Crippen LogP contribution in [0.2, 0.25) is 5.02 Å². The monoisotopic (exact) mass is 509 g/mol. The van der Waals surface area contributed by atoms with Gasteiger partial charge in [-0.25, -0.2) is 9.40 Å². The molecule has 0 atom stereocenters. The van der Waals surface area contributed by atoms with Crippen molar-refractivity contribution in [1.29, 1.82) is 0 Å². The summed E-state index contributed by atoms with van der Waals surface area (Å²) in [4.78, 5) is 37.6. The number of anilines is 2. The largest absolute Gasteiger partial charge is 0.490 e. The molecule has 1 fully saturated rings. The topological polar surface area (TPSA) is 97.0 Å². The molecule has 1 saturated heterocycles. The van der Waals surface area contributed by atoms with Crippen LogP contribution in [0.4, 0.5) is 15.8 Å². The molecule has 3 aromatic rings. The first kappa shape index (κ1) is 24.7. The minimum atomic E-state index is -0.598. The third-order valence-electron chi connectivity index (χ3n) is 5.04. The predicted octanol–water partition coefficient (Wildman–Crippen LogP) is 4.36. The van der Waals surface area contributed by atoms with E-state index in [-0.39, 0.29) is 34.4 Å². The van der Waals surface area contributed by atoms with E-state index in [0.29, 0.717) is 11.3 Å². The fourth-order valence-corrected chi connectivity index (χ4v) is 3.72. The number of halogens is 2. The van der Waals surface area contributed by atoms with Crippen molar-refractivity contribution in [3.05, 3.63) is 88.7 Å². The van der Waals surface area contributed by atoms with Crippen LogP contribution in [0.1, 0.15) is 12.5 Å². The van der Waals surface area contributed by atoms with Gasteiger partial charge in [0.15, 0.2) is 18.1 Å². The number of ether oxygens (including phenoxy) is 2. The number of para-hydroxylation sites is 2. The molecule has 3 aromatic carbocycles. The molecule has 36 heavy (non-hydrogen) atoms. The van der Waals surface area contributed by atoms with Gasteiger partial charge in [-0.1, -0.05) is 41.9 Å². The molecular weight excluding hydrogens is 489 g/mol. The van der Waals surface area contributed by atoms with Crippen molar-refractivity contribution in [2.75, 3.05) is 23.5 Å². The van der Waals surface area contributed by atoms with Gasteiger partial charge in [-0.3, -0.25) is 19.8 Å². The summed E-state index contributed by atoms with van der Waals surface area (Å²) in [6, 6.07) is 17.5. The Bertz CT molecular complexity index is 1350. The summed E-state index contributed by atoms with van der Waals surface area (Å²) >= 11 is 6.40. The van der Waals surface area contributed by atoms with Crippen molar-refractivity contribution in [1.82, 2.24) is 5.43 Å². The van der Waals surface area contributed by atoms with Crippen LogP contribution in [0, 0.1) is 5.82 Å². The highest BCUT2D eigenvalue weighted by atomic mass is 35.5. The first-order valence-corrected chi connectivity index (χ1v) is 11.3. The number of hydrazine groups is 1. The Labute approximate surface area is 211 Å². The lowest BCUT2D eigenvalue weighted by Crippen LogP contribution is -2.35. The lowest BCUT2D eigenvalue weighted by molar-refractivity contribution is -0.118. The van der Waals surface area contributed by atoms with Crippen molar-refractivity contribution in [2.45, 2.75) is 6.92 Å². The summed E-state index contributed by atoms with van der Waals surface area (Å²) in [6.45, 7) is 1.55. The molecule has 0 radical (unpaired) electrons. The third kappa shape index (κ3) is 5.47. The second kappa shape index (κ2) is 10.9. The highest BCUT2D eigenvalue weighted by molar-refractivity contribution is 6.33. The minimum absolute atomic E-state index is 0.0215. The second-order valence-electron chi connectivity index (χ2n) is 7.55. The molecule has 184 valence electrons. The summed E-state index contributed by atoms with van der Waals surface area (Å²) in [5, 5.41) is 3.67. The van der Waals surface area contributed by atoms with Crippen LogP contribution in [0.3, 0.4) is 0 Å². The molecule has 1 heterocycles. The van der Waals surface area contributed by atoms with E-state index in [2.05, 4.69) is 10.7 Å². The number of nitrogens with zero attached hydrogens (tertiary/aromatic N) is 1. The van der Waals surface area contributed by atoms with Crippen molar-refractivity contribution in [2.24, 2.45) is 0 Å². The SMILES string of the molecule is CCOc1cc(/C=C2/C(=O)NN(c3ccccc3)C2=O)cc(Cl)c1OCC(=O)Nc1ccccc1F. The number of nitrogens with one attached hydrogen (secondary N) is 2. The van der Waals surface area contributed by atoms with Crippen LogP contribution >= 0.6 is 11.6 Å². The molecule has 1 aliphatic heterocycles. The average Bonchev–Trinajstić information content (AvgIpc) is 3.14. The van der Waals surface area contributed by atoms with E-state index in [1.165, 1.54) is 36.4 Å². The molecule has 4 rings (SSSR count). The molecule has 2 N–H and O–H groups in total. The van der Waals surface area contributed by atoms with E-state index in [1.807, 2.05) is 0 Å². The van der Waals surface area contributed by atoms with Crippen LogP contribution < -0.4 is 25.2 Å². The van der Waals surface area contributed by atoms with Crippen molar-refractivity contribution in [3.63, 3.8) is 0 Å². The number of hydrogen-bond donors (Lipinski definition) is 2. The highest BCUT2D eigenvalue weighted by Crippen LogP contribution is 2.37. The van der Waals surface area contributed by atoms with Gasteiger partial charge in [0, 0.05) is 0 Å². The zero-order valence-electron chi connectivity index (χ0n) is 19.1. The van der Waals surface area contributed by atoms with Gasteiger partial charge in [-0.05, 0) is 55.0 Å². The summed E-state index contributed by atoms with van der Waals surface area (Å²) in [7, 11) is 0. The molecule has 0 aliphatic carbocycles. The van der Waals surface area contributed by atoms with Gasteiger partial charge in [0.05, 0.1) is 23.0 Å². The van der Waals surface area contributed by atoms with E-state index in [0.717, 1.165) is 5.01 Å². The Hall–Kier alpha value is -4.37. The Morgan fingerprint density at radius 3 is 2.53 bits per heavy atom. The molecule has 10 heteroatoms. The number of benzene rings is 3. The van der Waals surface area contributed by atoms with E-state index in [9.17, 15) is 18.8 Å². The maximum Gasteiger partial charge on any atom is 0.282 e. The van der Waals surface area contributed by atoms with Gasteiger partial charge in [0.1, 0.15) is 11.4 Å². The van der Waals surface area contributed by atoms with Crippen LogP contribution in [0.5, 0.6) is 11.5 Å². The lowest BCUT2D eigenvalue weighted by atomic mass is 10.1. The maximum absolute atomic E-state index is 13.8. The van der Waals surface area contributed by atoms with Crippen LogP contribution in [0.25, 0.3) is 6.08 Å². The molecule has 3 amide bonds. The lowest BCUT2D eigenvalue weighted by Gasteiger charge is -2.15. The molecule has 8 nitrogen and oxygen atoms in total. The van der Waals surface area contributed by atoms with Gasteiger partial charge < -0.3 is 14.8 Å². The first-order valence-electron chi connectivity index (χ1n) is 10.9. The molecule has 0 bridgehead atoms. The minimum Gasteiger partial charge on any atom is -0.490 e. The average molecular weight is 510 g/mol. The zero-order valence-corrected chi connectivity index (χ0v) is 19.8. The summed E-state index contributed by atoms with van der Waals surface area (Å²) in [5.74, 6) is -1.96. The third-order valence-corrected chi connectivity index (χ3v) is 5.32. The number of carbonyl (C=O) groups excluding carboxylic acids is 3. The summed E-state index contributed by atoms with van der Waals surface area (Å²) < 4.78 is 25.0. The highest BCUT2D eigenvalue weighted by Gasteiger charge is 2.34. The van der Waals surface area contributed by atoms with E-state index in [4.69, 9.17) is 21.1 Å². The molecule has 1 aliphatic rings. The number of carbonyl (C=O) groups is 3. The zero-order chi connectivity index (χ0) is 25.7. The normalized spacial score (nSPS) is 14.1. The quantitative estimate of drug-likeness (QED) is 0.347. The standard InChI is InChI=1S/C26H21ClFN3O5/c1-2-35-22-14-16(12-18-25(33)30-31(26(18)34)17-8-4-3-5-9-17)13-19(27)24(22)36-15-23(32)29-21-11-7-6-10-20(21)28/h3-14H,2,15H2,1H3,(H,29,32)(H,30,33)/b18-12-. The van der Waals surface area contributed by atoms with Gasteiger partial charge in [-0.15, -0.1) is 0 Å². The first-order chi connectivity index (χ1) is 17.4. The molecule has 0 saturated carbocycles. The number of rotatable bonds is 8. The van der Waals surface area contributed by atoms with E-state index < -0.39 is 30.1 Å². The summed E-state index contributed by atoms with van der Waals surface area (Å²) in [5.41, 5.74) is 3.40. The Morgan fingerprint density at radius 2 is 1.81 bits per heavy atom. The molecule has 0 aromatic heterocycles. The van der Waals surface area contributed by atoms with Crippen LogP contribution in [-0.4, -0.2) is 30.9 Å². The van der Waals surface area contributed by atoms with Crippen molar-refractivity contribution >= 4 is 46.8 Å². The van der Waals surface area contributed by atoms with Gasteiger partial charge in [-0.2, -0.15) is 0 Å². The van der Waals surface area contributed by atoms with Gasteiger partial charge in [0.2, 0.25) is 0 Å². The smallest absolute Gasteiger partial charge is 0.282 e. The van der Waals surface area contributed by atoms with Gasteiger partial charge in [0.25, 0.3) is 17.7 Å². The second-order valence-corrected chi connectivity index (χ2v) is 7.96. The fourth-order valence-electron chi connectivity index (χ4n) is 3.44. The number of hydrogen-bond acceptors (Lipinski definition) is 5. The maximum atomic E-state index is 13.8. The molecule has 0 unspecified atom stereocenters. The molecule has 0 spiro atoms. The van der Waals surface area contributed by atoms with Crippen molar-refractivity contribution < 1.29 is 28.2 Å². The van der Waals surface area contributed by atoms with Crippen LogP contribution in [0.15, 0.2) is 72.3 Å². The summed E-state index contributed by atoms with van der Waals surface area (Å²) in [6.07, 6.45) is 1.39. The van der Waals surface area contributed by atoms with E-state index >= 15 is 0 Å². The van der Waals surface area contributed by atoms with Crippen LogP contribution in [-0.2, 0) is 14.4 Å². The Morgan fingerprint density at radius 1 is 1.08 bits per heavy atom.